The Kier molecular flexibility index (Phi) is 4.86. The van der Waals surface area contributed by atoms with E-state index in [4.69, 9.17) is 17.3 Å². The predicted molar refractivity (Wildman–Crippen MR) is 87.5 cm³/mol. The van der Waals surface area contributed by atoms with Gasteiger partial charge in [-0.15, -0.1) is 0 Å². The Morgan fingerprint density at radius 3 is 2.48 bits per heavy atom. The number of rotatable bonds is 4. The first-order valence-electron chi connectivity index (χ1n) is 6.93. The molecule has 0 aliphatic carbocycles. The maximum Gasteiger partial charge on any atom is 0.251 e. The van der Waals surface area contributed by atoms with E-state index < -0.39 is 0 Å². The number of nitrogens with one attached hydrogen (secondary N) is 1. The van der Waals surface area contributed by atoms with Gasteiger partial charge in [0, 0.05) is 5.56 Å². The smallest absolute Gasteiger partial charge is 0.251 e. The molecule has 1 atom stereocenters. The van der Waals surface area contributed by atoms with E-state index in [1.54, 1.807) is 18.2 Å². The summed E-state index contributed by atoms with van der Waals surface area (Å²) in [7, 11) is 0. The summed E-state index contributed by atoms with van der Waals surface area (Å²) in [4.78, 5) is 12.3. The molecule has 2 aromatic rings. The zero-order valence-electron chi connectivity index (χ0n) is 12.2. The minimum absolute atomic E-state index is 0.0185. The molecule has 110 valence electrons. The van der Waals surface area contributed by atoms with Crippen LogP contribution in [-0.4, -0.2) is 5.91 Å². The third-order valence-electron chi connectivity index (χ3n) is 3.45. The number of anilines is 1. The Labute approximate surface area is 130 Å². The van der Waals surface area contributed by atoms with Gasteiger partial charge in [0.2, 0.25) is 0 Å². The number of amides is 1. The number of carbonyl (C=O) groups is 1. The van der Waals surface area contributed by atoms with E-state index in [1.807, 2.05) is 38.1 Å². The number of carbonyl (C=O) groups excluding carboxylic acids is 1. The molecule has 3 N–H and O–H groups in total. The van der Waals surface area contributed by atoms with Crippen molar-refractivity contribution in [2.24, 2.45) is 0 Å². The molecule has 0 fully saturated rings. The fraction of sp³-hybridized carbons (Fsp3) is 0.235. The van der Waals surface area contributed by atoms with Gasteiger partial charge >= 0.3 is 0 Å². The highest BCUT2D eigenvalue weighted by atomic mass is 35.5. The summed E-state index contributed by atoms with van der Waals surface area (Å²) in [6.07, 6.45) is 0.817. The Morgan fingerprint density at radius 2 is 1.90 bits per heavy atom. The number of nitrogens with two attached hydrogens (primary N) is 1. The van der Waals surface area contributed by atoms with E-state index in [0.717, 1.165) is 12.0 Å². The molecule has 0 saturated heterocycles. The van der Waals surface area contributed by atoms with Crippen LogP contribution in [0.2, 0.25) is 5.02 Å². The fourth-order valence-electron chi connectivity index (χ4n) is 2.15. The van der Waals surface area contributed by atoms with E-state index >= 15 is 0 Å². The van der Waals surface area contributed by atoms with Crippen LogP contribution in [0, 0.1) is 6.92 Å². The van der Waals surface area contributed by atoms with Crippen LogP contribution in [0.1, 0.15) is 40.9 Å². The molecule has 1 amide bonds. The highest BCUT2D eigenvalue weighted by Gasteiger charge is 2.14. The van der Waals surface area contributed by atoms with Crippen molar-refractivity contribution in [3.63, 3.8) is 0 Å². The van der Waals surface area contributed by atoms with Crippen LogP contribution in [0.25, 0.3) is 0 Å². The van der Waals surface area contributed by atoms with Crippen molar-refractivity contribution in [2.75, 3.05) is 5.73 Å². The van der Waals surface area contributed by atoms with Gasteiger partial charge in [-0.3, -0.25) is 4.79 Å². The van der Waals surface area contributed by atoms with Crippen LogP contribution in [0.3, 0.4) is 0 Å². The second kappa shape index (κ2) is 6.64. The third-order valence-corrected chi connectivity index (χ3v) is 3.80. The summed E-state index contributed by atoms with van der Waals surface area (Å²) in [6, 6.07) is 13.1. The number of halogens is 1. The number of hydrogen-bond acceptors (Lipinski definition) is 2. The van der Waals surface area contributed by atoms with Gasteiger partial charge in [-0.25, -0.2) is 0 Å². The molecular weight excluding hydrogens is 284 g/mol. The normalized spacial score (nSPS) is 12.0. The van der Waals surface area contributed by atoms with Gasteiger partial charge in [0.15, 0.2) is 0 Å². The minimum atomic E-state index is -0.147. The molecule has 3 nitrogen and oxygen atoms in total. The lowest BCUT2D eigenvalue weighted by atomic mass is 10.0. The lowest BCUT2D eigenvalue weighted by Gasteiger charge is -2.18. The van der Waals surface area contributed by atoms with Gasteiger partial charge in [0.25, 0.3) is 5.91 Å². The molecule has 4 heteroatoms. The van der Waals surface area contributed by atoms with Crippen molar-refractivity contribution >= 4 is 23.2 Å². The van der Waals surface area contributed by atoms with Gasteiger partial charge in [0.05, 0.1) is 16.8 Å². The topological polar surface area (TPSA) is 55.1 Å². The summed E-state index contributed by atoms with van der Waals surface area (Å²) < 4.78 is 0. The summed E-state index contributed by atoms with van der Waals surface area (Å²) in [6.45, 7) is 4.08. The number of benzene rings is 2. The second-order valence-electron chi connectivity index (χ2n) is 5.08. The molecule has 1 unspecified atom stereocenters. The zero-order chi connectivity index (χ0) is 15.4. The molecule has 2 aromatic carbocycles. The zero-order valence-corrected chi connectivity index (χ0v) is 12.9. The van der Waals surface area contributed by atoms with Crippen LogP contribution in [-0.2, 0) is 0 Å². The first-order chi connectivity index (χ1) is 10.0. The largest absolute Gasteiger partial charge is 0.398 e. The molecule has 0 aliphatic rings. The molecule has 0 aromatic heterocycles. The lowest BCUT2D eigenvalue weighted by Crippen LogP contribution is -2.28. The predicted octanol–water partition coefficient (Wildman–Crippen LogP) is 4.11. The average Bonchev–Trinajstić information content (AvgIpc) is 2.48. The molecule has 0 radical (unpaired) electrons. The maximum atomic E-state index is 12.3. The van der Waals surface area contributed by atoms with Gasteiger partial charge in [-0.05, 0) is 37.1 Å². The number of nitrogen functional groups attached to an aromatic ring is 1. The quantitative estimate of drug-likeness (QED) is 0.835. The van der Waals surface area contributed by atoms with Gasteiger partial charge in [-0.1, -0.05) is 48.4 Å². The van der Waals surface area contributed by atoms with E-state index in [1.165, 1.54) is 5.56 Å². The Balaban J connectivity index is 2.15. The first kappa shape index (κ1) is 15.4. The average molecular weight is 303 g/mol. The summed E-state index contributed by atoms with van der Waals surface area (Å²) in [5, 5.41) is 3.48. The molecule has 0 saturated carbocycles. The SMILES string of the molecule is CCC(NC(=O)c1ccc(Cl)c(N)c1)c1ccc(C)cc1. The monoisotopic (exact) mass is 302 g/mol. The van der Waals surface area contributed by atoms with Crippen LogP contribution in [0.4, 0.5) is 5.69 Å². The van der Waals surface area contributed by atoms with Crippen molar-refractivity contribution in [3.05, 3.63) is 64.2 Å². The lowest BCUT2D eigenvalue weighted by molar-refractivity contribution is 0.0935. The molecule has 0 aliphatic heterocycles. The van der Waals surface area contributed by atoms with Crippen LogP contribution >= 0.6 is 11.6 Å². The summed E-state index contributed by atoms with van der Waals surface area (Å²) in [5.74, 6) is -0.147. The Bertz CT molecular complexity index is 638. The van der Waals surface area contributed by atoms with Crippen LogP contribution < -0.4 is 11.1 Å². The fourth-order valence-corrected chi connectivity index (χ4v) is 2.26. The Morgan fingerprint density at radius 1 is 1.24 bits per heavy atom. The van der Waals surface area contributed by atoms with Gasteiger partial charge in [-0.2, -0.15) is 0 Å². The van der Waals surface area contributed by atoms with Crippen molar-refractivity contribution in [3.8, 4) is 0 Å². The number of hydrogen-bond donors (Lipinski definition) is 2. The maximum absolute atomic E-state index is 12.3. The van der Waals surface area contributed by atoms with Crippen molar-refractivity contribution in [2.45, 2.75) is 26.3 Å². The van der Waals surface area contributed by atoms with Gasteiger partial charge in [0.1, 0.15) is 0 Å². The molecule has 21 heavy (non-hydrogen) atoms. The molecule has 0 bridgehead atoms. The Hall–Kier alpha value is -2.00. The first-order valence-corrected chi connectivity index (χ1v) is 7.31. The van der Waals surface area contributed by atoms with E-state index in [2.05, 4.69) is 5.32 Å². The van der Waals surface area contributed by atoms with Crippen molar-refractivity contribution < 1.29 is 4.79 Å². The second-order valence-corrected chi connectivity index (χ2v) is 5.49. The van der Waals surface area contributed by atoms with E-state index in [9.17, 15) is 4.79 Å². The molecular formula is C17H19ClN2O. The van der Waals surface area contributed by atoms with Gasteiger partial charge < -0.3 is 11.1 Å². The van der Waals surface area contributed by atoms with Crippen molar-refractivity contribution in [1.29, 1.82) is 0 Å². The standard InChI is InChI=1S/C17H19ClN2O/c1-3-16(12-6-4-11(2)5-7-12)20-17(21)13-8-9-14(18)15(19)10-13/h4-10,16H,3,19H2,1-2H3,(H,20,21). The summed E-state index contributed by atoms with van der Waals surface area (Å²) >= 11 is 5.87. The van der Waals surface area contributed by atoms with Crippen molar-refractivity contribution in [1.82, 2.24) is 5.32 Å². The highest BCUT2D eigenvalue weighted by Crippen LogP contribution is 2.21. The molecule has 0 heterocycles. The number of aryl methyl sites for hydroxylation is 1. The summed E-state index contributed by atoms with van der Waals surface area (Å²) in [5.41, 5.74) is 8.96. The molecule has 2 rings (SSSR count). The third kappa shape index (κ3) is 3.76. The van der Waals surface area contributed by atoms with E-state index in [-0.39, 0.29) is 11.9 Å². The van der Waals surface area contributed by atoms with Crippen LogP contribution in [0.15, 0.2) is 42.5 Å². The highest BCUT2D eigenvalue weighted by molar-refractivity contribution is 6.33. The van der Waals surface area contributed by atoms with E-state index in [0.29, 0.717) is 16.3 Å². The van der Waals surface area contributed by atoms with Crippen LogP contribution in [0.5, 0.6) is 0 Å². The molecule has 0 spiro atoms. The minimum Gasteiger partial charge on any atom is -0.398 e.